The highest BCUT2D eigenvalue weighted by atomic mass is 16.7. The molecule has 1 atom stereocenters. The van der Waals surface area contributed by atoms with Gasteiger partial charge in [-0.1, -0.05) is 42.5 Å². The Bertz CT molecular complexity index is 768. The van der Waals surface area contributed by atoms with Gasteiger partial charge in [0.15, 0.2) is 5.78 Å². The Morgan fingerprint density at radius 3 is 2.04 bits per heavy atom. The largest absolute Gasteiger partial charge is 0.497 e. The first kappa shape index (κ1) is 19.7. The summed E-state index contributed by atoms with van der Waals surface area (Å²) < 4.78 is 17.8. The summed E-state index contributed by atoms with van der Waals surface area (Å²) in [6.07, 6.45) is 0.313. The fourth-order valence-corrected chi connectivity index (χ4v) is 3.22. The summed E-state index contributed by atoms with van der Waals surface area (Å²) in [4.78, 5) is 12.9. The van der Waals surface area contributed by atoms with Gasteiger partial charge in [-0.3, -0.25) is 4.79 Å². The summed E-state index contributed by atoms with van der Waals surface area (Å²) in [5.74, 6) is 0.650. The molecule has 0 N–H and O–H groups in total. The Kier molecular flexibility index (Phi) is 5.45. The minimum atomic E-state index is -0.490. The number of Topliss-reactive ketones (excluding diaryl/α,β-unsaturated/α-hetero) is 1. The SMILES string of the molecule is COc1ccc(C(CC(=O)c2ccccc2)B2OC(C)(C)C(C)(C)O2)cc1. The van der Waals surface area contributed by atoms with Gasteiger partial charge >= 0.3 is 7.12 Å². The van der Waals surface area contributed by atoms with Crippen molar-refractivity contribution in [1.29, 1.82) is 0 Å². The van der Waals surface area contributed by atoms with E-state index in [0.29, 0.717) is 12.0 Å². The van der Waals surface area contributed by atoms with Gasteiger partial charge in [-0.05, 0) is 45.4 Å². The van der Waals surface area contributed by atoms with E-state index in [4.69, 9.17) is 14.0 Å². The molecule has 1 aliphatic heterocycles. The van der Waals surface area contributed by atoms with Crippen LogP contribution in [0, 0.1) is 0 Å². The van der Waals surface area contributed by atoms with Crippen LogP contribution >= 0.6 is 0 Å². The van der Waals surface area contributed by atoms with Crippen LogP contribution in [0.4, 0.5) is 0 Å². The standard InChI is InChI=1S/C22H27BO4/c1-21(2)22(3,4)27-23(26-21)19(16-11-13-18(25-5)14-12-16)15-20(24)17-9-7-6-8-10-17/h6-14,19H,15H2,1-5H3. The molecule has 0 aliphatic carbocycles. The predicted molar refractivity (Wildman–Crippen MR) is 107 cm³/mol. The lowest BCUT2D eigenvalue weighted by Gasteiger charge is -2.32. The molecule has 0 saturated carbocycles. The Labute approximate surface area is 162 Å². The maximum atomic E-state index is 12.9. The number of ether oxygens (including phenoxy) is 1. The van der Waals surface area contributed by atoms with Crippen molar-refractivity contribution < 1.29 is 18.8 Å². The molecule has 1 saturated heterocycles. The summed E-state index contributed by atoms with van der Waals surface area (Å²) in [6, 6.07) is 17.1. The molecule has 0 spiro atoms. The van der Waals surface area contributed by atoms with E-state index < -0.39 is 18.3 Å². The first-order chi connectivity index (χ1) is 12.7. The van der Waals surface area contributed by atoms with Crippen LogP contribution in [0.3, 0.4) is 0 Å². The lowest BCUT2D eigenvalue weighted by Crippen LogP contribution is -2.41. The molecule has 0 aromatic heterocycles. The Morgan fingerprint density at radius 1 is 0.963 bits per heavy atom. The third-order valence-electron chi connectivity index (χ3n) is 5.65. The number of hydrogen-bond acceptors (Lipinski definition) is 4. The highest BCUT2D eigenvalue weighted by Gasteiger charge is 2.54. The lowest BCUT2D eigenvalue weighted by atomic mass is 9.65. The van der Waals surface area contributed by atoms with Crippen molar-refractivity contribution in [1.82, 2.24) is 0 Å². The third-order valence-corrected chi connectivity index (χ3v) is 5.65. The molecule has 0 amide bonds. The topological polar surface area (TPSA) is 44.8 Å². The number of carbonyl (C=O) groups excluding carboxylic acids is 1. The summed E-state index contributed by atoms with van der Waals surface area (Å²) in [6.45, 7) is 8.10. The van der Waals surface area contributed by atoms with Gasteiger partial charge in [-0.25, -0.2) is 0 Å². The van der Waals surface area contributed by atoms with E-state index in [1.54, 1.807) is 7.11 Å². The lowest BCUT2D eigenvalue weighted by molar-refractivity contribution is 0.00578. The number of carbonyl (C=O) groups is 1. The Hall–Kier alpha value is -2.11. The minimum Gasteiger partial charge on any atom is -0.497 e. The monoisotopic (exact) mass is 366 g/mol. The highest BCUT2D eigenvalue weighted by molar-refractivity contribution is 6.48. The van der Waals surface area contributed by atoms with Gasteiger partial charge in [0.2, 0.25) is 0 Å². The van der Waals surface area contributed by atoms with Crippen molar-refractivity contribution in [2.75, 3.05) is 7.11 Å². The average Bonchev–Trinajstić information content (AvgIpc) is 2.87. The molecule has 2 aromatic carbocycles. The van der Waals surface area contributed by atoms with Crippen LogP contribution in [0.25, 0.3) is 0 Å². The molecule has 27 heavy (non-hydrogen) atoms. The number of hydrogen-bond donors (Lipinski definition) is 0. The number of rotatable bonds is 6. The van der Waals surface area contributed by atoms with Crippen LogP contribution in [0.5, 0.6) is 5.75 Å². The maximum Gasteiger partial charge on any atom is 0.466 e. The Balaban J connectivity index is 1.90. The number of methoxy groups -OCH3 is 1. The predicted octanol–water partition coefficient (Wildman–Crippen LogP) is 4.68. The molecule has 142 valence electrons. The molecule has 4 nitrogen and oxygen atoms in total. The van der Waals surface area contributed by atoms with Gasteiger partial charge < -0.3 is 14.0 Å². The minimum absolute atomic E-state index is 0.0751. The second-order valence-electron chi connectivity index (χ2n) is 8.00. The fraction of sp³-hybridized carbons (Fsp3) is 0.409. The van der Waals surface area contributed by atoms with E-state index >= 15 is 0 Å². The zero-order chi connectivity index (χ0) is 19.7. The van der Waals surface area contributed by atoms with Crippen LogP contribution in [-0.4, -0.2) is 31.2 Å². The molecular formula is C22H27BO4. The van der Waals surface area contributed by atoms with Gasteiger partial charge in [-0.15, -0.1) is 0 Å². The second kappa shape index (κ2) is 7.49. The Morgan fingerprint density at radius 2 is 1.52 bits per heavy atom. The van der Waals surface area contributed by atoms with Crippen LogP contribution in [0.1, 0.15) is 55.9 Å². The van der Waals surface area contributed by atoms with E-state index in [1.807, 2.05) is 82.3 Å². The van der Waals surface area contributed by atoms with Gasteiger partial charge in [0.25, 0.3) is 0 Å². The first-order valence-electron chi connectivity index (χ1n) is 9.31. The number of ketones is 1. The summed E-state index contributed by atoms with van der Waals surface area (Å²) in [5, 5.41) is 0. The molecular weight excluding hydrogens is 339 g/mol. The molecule has 1 heterocycles. The first-order valence-corrected chi connectivity index (χ1v) is 9.31. The van der Waals surface area contributed by atoms with Crippen LogP contribution < -0.4 is 4.74 Å². The second-order valence-corrected chi connectivity index (χ2v) is 8.00. The van der Waals surface area contributed by atoms with Crippen LogP contribution in [-0.2, 0) is 9.31 Å². The molecule has 5 heteroatoms. The molecule has 2 aromatic rings. The molecule has 1 aliphatic rings. The van der Waals surface area contributed by atoms with Crippen LogP contribution in [0.2, 0.25) is 0 Å². The smallest absolute Gasteiger partial charge is 0.466 e. The molecule has 3 rings (SSSR count). The quantitative estimate of drug-likeness (QED) is 0.550. The van der Waals surface area contributed by atoms with Crippen LogP contribution in [0.15, 0.2) is 54.6 Å². The maximum absolute atomic E-state index is 12.9. The normalized spacial score (nSPS) is 18.9. The van der Waals surface area contributed by atoms with Crippen molar-refractivity contribution >= 4 is 12.9 Å². The van der Waals surface area contributed by atoms with Crippen molar-refractivity contribution in [3.05, 3.63) is 65.7 Å². The summed E-state index contributed by atoms with van der Waals surface area (Å²) in [5.41, 5.74) is 0.808. The van der Waals surface area contributed by atoms with E-state index in [2.05, 4.69) is 0 Å². The van der Waals surface area contributed by atoms with E-state index in [1.165, 1.54) is 0 Å². The van der Waals surface area contributed by atoms with E-state index in [-0.39, 0.29) is 11.6 Å². The summed E-state index contributed by atoms with van der Waals surface area (Å²) in [7, 11) is 1.15. The zero-order valence-electron chi connectivity index (χ0n) is 16.7. The third kappa shape index (κ3) is 4.09. The van der Waals surface area contributed by atoms with Crippen molar-refractivity contribution in [2.24, 2.45) is 0 Å². The van der Waals surface area contributed by atoms with Crippen molar-refractivity contribution in [3.8, 4) is 5.75 Å². The molecule has 0 bridgehead atoms. The molecule has 1 fully saturated rings. The van der Waals surface area contributed by atoms with Gasteiger partial charge in [-0.2, -0.15) is 0 Å². The van der Waals surface area contributed by atoms with Gasteiger partial charge in [0, 0.05) is 17.8 Å². The molecule has 1 unspecified atom stereocenters. The van der Waals surface area contributed by atoms with Gasteiger partial charge in [0.05, 0.1) is 18.3 Å². The molecule has 0 radical (unpaired) electrons. The fourth-order valence-electron chi connectivity index (χ4n) is 3.22. The van der Waals surface area contributed by atoms with E-state index in [9.17, 15) is 4.79 Å². The van der Waals surface area contributed by atoms with E-state index in [0.717, 1.165) is 11.3 Å². The average molecular weight is 366 g/mol. The zero-order valence-corrected chi connectivity index (χ0v) is 16.7. The highest BCUT2D eigenvalue weighted by Crippen LogP contribution is 2.42. The van der Waals surface area contributed by atoms with Crippen molar-refractivity contribution in [2.45, 2.75) is 51.1 Å². The number of benzene rings is 2. The summed E-state index contributed by atoms with van der Waals surface area (Å²) >= 11 is 0. The van der Waals surface area contributed by atoms with Crippen molar-refractivity contribution in [3.63, 3.8) is 0 Å². The van der Waals surface area contributed by atoms with Gasteiger partial charge in [0.1, 0.15) is 5.75 Å².